The van der Waals surface area contributed by atoms with Gasteiger partial charge in [-0.25, -0.2) is 0 Å². The maximum absolute atomic E-state index is 13.2. The van der Waals surface area contributed by atoms with Gasteiger partial charge in [0.05, 0.1) is 0 Å². The third kappa shape index (κ3) is 3.61. The van der Waals surface area contributed by atoms with Crippen molar-refractivity contribution in [2.45, 2.75) is 42.0 Å². The Morgan fingerprint density at radius 1 is 1.24 bits per heavy atom. The minimum absolute atomic E-state index is 0.0177. The molecular formula is C27H29IN2O2Se. The van der Waals surface area contributed by atoms with Gasteiger partial charge in [0, 0.05) is 0 Å². The summed E-state index contributed by atoms with van der Waals surface area (Å²) < 4.78 is 8.87. The molecule has 5 rings (SSSR count). The molecule has 0 amide bonds. The second-order valence-corrected chi connectivity index (χ2v) is 12.8. The molecule has 2 aromatic rings. The molecule has 0 bridgehead atoms. The molecule has 2 aliphatic heterocycles. The number of fused-ring (bicyclic) bond motifs is 1. The standard InChI is InChI=1S/C27H29IN2O2Se/c1-3-26(33-19-10-5-4-6-11-19)18-20(24(31)32-2)23-27(21-12-7-8-13-22(21)29-23)14-17-30(25(26)27)16-9-15-28/h4-13,15,25,29H,3,14,16-18H2,1-2H3/b15-9-/t25-,26+,27-/m0/s1. The van der Waals surface area contributed by atoms with Crippen LogP contribution in [-0.2, 0) is 14.9 Å². The number of likely N-dealkylation sites (tertiary alicyclic amines) is 1. The summed E-state index contributed by atoms with van der Waals surface area (Å²) in [6.07, 6.45) is 5.05. The Balaban J connectivity index is 1.75. The number of ether oxygens (including phenoxy) is 1. The molecule has 1 N–H and O–H groups in total. The van der Waals surface area contributed by atoms with Gasteiger partial charge in [0.2, 0.25) is 0 Å². The Hall–Kier alpha value is -1.60. The summed E-state index contributed by atoms with van der Waals surface area (Å²) in [5.74, 6) is -0.185. The number of esters is 1. The van der Waals surface area contributed by atoms with E-state index < -0.39 is 0 Å². The molecule has 0 aromatic heterocycles. The average Bonchev–Trinajstić information content (AvgIpc) is 3.41. The number of methoxy groups -OCH3 is 1. The van der Waals surface area contributed by atoms with Crippen LogP contribution in [0.2, 0.25) is 4.31 Å². The van der Waals surface area contributed by atoms with Crippen LogP contribution in [-0.4, -0.2) is 52.1 Å². The molecule has 33 heavy (non-hydrogen) atoms. The first-order valence-electron chi connectivity index (χ1n) is 11.5. The van der Waals surface area contributed by atoms with Gasteiger partial charge < -0.3 is 0 Å². The maximum atomic E-state index is 13.2. The minimum atomic E-state index is -0.204. The number of benzene rings is 2. The van der Waals surface area contributed by atoms with Crippen molar-refractivity contribution in [3.8, 4) is 0 Å². The number of hydrogen-bond donors (Lipinski definition) is 1. The molecule has 1 fully saturated rings. The zero-order valence-electron chi connectivity index (χ0n) is 19.0. The van der Waals surface area contributed by atoms with Crippen molar-refractivity contribution >= 4 is 53.7 Å². The zero-order chi connectivity index (χ0) is 23.1. The van der Waals surface area contributed by atoms with Crippen LogP contribution in [0.15, 0.2) is 76.0 Å². The Kier molecular flexibility index (Phi) is 6.47. The summed E-state index contributed by atoms with van der Waals surface area (Å²) in [7, 11) is 1.51. The van der Waals surface area contributed by atoms with Gasteiger partial charge in [-0.15, -0.1) is 0 Å². The van der Waals surface area contributed by atoms with E-state index in [0.717, 1.165) is 49.3 Å². The second kappa shape index (κ2) is 9.21. The molecule has 0 saturated carbocycles. The molecule has 0 unspecified atom stereocenters. The second-order valence-electron chi connectivity index (χ2n) is 9.01. The number of hydrogen-bond acceptors (Lipinski definition) is 4. The molecule has 3 aliphatic rings. The monoisotopic (exact) mass is 620 g/mol. The van der Waals surface area contributed by atoms with Crippen molar-refractivity contribution in [1.82, 2.24) is 4.90 Å². The SMILES string of the molecule is CC[C@@]1([Se]c2ccccc2)CC(C(=O)OC)=C2Nc3ccccc3[C@@]23CCN(C/C=C\I)[C@@H]13. The fourth-order valence-electron chi connectivity index (χ4n) is 6.29. The Morgan fingerprint density at radius 3 is 2.73 bits per heavy atom. The van der Waals surface area contributed by atoms with Crippen molar-refractivity contribution < 1.29 is 9.53 Å². The van der Waals surface area contributed by atoms with E-state index in [1.165, 1.54) is 17.1 Å². The fraction of sp³-hybridized carbons (Fsp3) is 0.370. The van der Waals surface area contributed by atoms with Gasteiger partial charge >= 0.3 is 217 Å². The summed E-state index contributed by atoms with van der Waals surface area (Å²) in [6.45, 7) is 4.27. The van der Waals surface area contributed by atoms with Gasteiger partial charge in [-0.2, -0.15) is 0 Å². The van der Waals surface area contributed by atoms with Gasteiger partial charge in [0.25, 0.3) is 0 Å². The molecule has 2 aromatic carbocycles. The summed E-state index contributed by atoms with van der Waals surface area (Å²) >= 11 is 2.51. The van der Waals surface area contributed by atoms with E-state index in [4.69, 9.17) is 4.74 Å². The van der Waals surface area contributed by atoms with Crippen LogP contribution in [0.5, 0.6) is 0 Å². The van der Waals surface area contributed by atoms with E-state index in [-0.39, 0.29) is 30.7 Å². The molecule has 172 valence electrons. The number of rotatable bonds is 6. The van der Waals surface area contributed by atoms with Crippen LogP contribution in [0.4, 0.5) is 5.69 Å². The predicted octanol–water partition coefficient (Wildman–Crippen LogP) is 4.80. The third-order valence-electron chi connectivity index (χ3n) is 7.54. The van der Waals surface area contributed by atoms with Gasteiger partial charge in [-0.05, 0) is 0 Å². The number of halogens is 1. The van der Waals surface area contributed by atoms with E-state index in [2.05, 4.69) is 104 Å². The number of para-hydroxylation sites is 1. The first-order valence-corrected chi connectivity index (χ1v) is 14.5. The van der Waals surface area contributed by atoms with Crippen LogP contribution in [0.1, 0.15) is 31.7 Å². The average molecular weight is 619 g/mol. The normalized spacial score (nSPS) is 28.4. The number of carbonyl (C=O) groups is 1. The zero-order valence-corrected chi connectivity index (χ0v) is 22.9. The molecule has 1 spiro atoms. The van der Waals surface area contributed by atoms with Crippen LogP contribution in [0, 0.1) is 0 Å². The van der Waals surface area contributed by atoms with Gasteiger partial charge in [-0.3, -0.25) is 0 Å². The number of nitrogens with one attached hydrogen (secondary N) is 1. The topological polar surface area (TPSA) is 41.6 Å². The number of nitrogens with zero attached hydrogens (tertiary/aromatic N) is 1. The van der Waals surface area contributed by atoms with E-state index in [1.807, 2.05) is 0 Å². The fourth-order valence-corrected chi connectivity index (χ4v) is 9.84. The summed E-state index contributed by atoms with van der Waals surface area (Å²) in [5, 5.41) is 3.71. The van der Waals surface area contributed by atoms with Crippen molar-refractivity contribution in [2.75, 3.05) is 25.5 Å². The molecule has 3 atom stereocenters. The Morgan fingerprint density at radius 2 is 2.00 bits per heavy atom. The molecule has 4 nitrogen and oxygen atoms in total. The first-order chi connectivity index (χ1) is 16.1. The Labute approximate surface area is 216 Å². The molecule has 1 aliphatic carbocycles. The Bertz CT molecular complexity index is 1120. The molecule has 2 heterocycles. The summed E-state index contributed by atoms with van der Waals surface area (Å²) in [6, 6.07) is 19.9. The van der Waals surface area contributed by atoms with Gasteiger partial charge in [0.1, 0.15) is 0 Å². The molecule has 1 saturated heterocycles. The quantitative estimate of drug-likeness (QED) is 0.287. The van der Waals surface area contributed by atoms with E-state index in [1.54, 1.807) is 0 Å². The number of anilines is 1. The van der Waals surface area contributed by atoms with Crippen molar-refractivity contribution in [3.05, 3.63) is 81.6 Å². The van der Waals surface area contributed by atoms with Crippen molar-refractivity contribution in [1.29, 1.82) is 0 Å². The van der Waals surface area contributed by atoms with Crippen LogP contribution >= 0.6 is 22.6 Å². The third-order valence-corrected chi connectivity index (χ3v) is 11.3. The van der Waals surface area contributed by atoms with Gasteiger partial charge in [0.15, 0.2) is 0 Å². The molecular weight excluding hydrogens is 590 g/mol. The summed E-state index contributed by atoms with van der Waals surface area (Å²) in [5.41, 5.74) is 4.22. The van der Waals surface area contributed by atoms with Crippen molar-refractivity contribution in [2.24, 2.45) is 0 Å². The van der Waals surface area contributed by atoms with E-state index in [0.29, 0.717) is 6.04 Å². The van der Waals surface area contributed by atoms with Gasteiger partial charge in [-0.1, -0.05) is 0 Å². The number of carbonyl (C=O) groups excluding carboxylic acids is 1. The predicted molar refractivity (Wildman–Crippen MR) is 143 cm³/mol. The first kappa shape index (κ1) is 23.2. The van der Waals surface area contributed by atoms with Crippen LogP contribution < -0.4 is 9.78 Å². The van der Waals surface area contributed by atoms with Crippen molar-refractivity contribution in [3.63, 3.8) is 0 Å². The van der Waals surface area contributed by atoms with E-state index in [9.17, 15) is 4.79 Å². The molecule has 0 radical (unpaired) electrons. The molecule has 6 heteroatoms. The summed E-state index contributed by atoms with van der Waals surface area (Å²) in [4.78, 5) is 15.9. The van der Waals surface area contributed by atoms with E-state index >= 15 is 0 Å². The van der Waals surface area contributed by atoms with Crippen LogP contribution in [0.3, 0.4) is 0 Å². The van der Waals surface area contributed by atoms with Crippen LogP contribution in [0.25, 0.3) is 0 Å².